The Balaban J connectivity index is 2.02. The van der Waals surface area contributed by atoms with Gasteiger partial charge in [0.15, 0.2) is 0 Å². The number of rotatable bonds is 5. The molecule has 2 heterocycles. The fraction of sp³-hybridized carbons (Fsp3) is 0.267. The molecule has 5 nitrogen and oxygen atoms in total. The predicted octanol–water partition coefficient (Wildman–Crippen LogP) is 2.59. The van der Waals surface area contributed by atoms with Crippen molar-refractivity contribution in [1.82, 2.24) is 19.1 Å². The van der Waals surface area contributed by atoms with E-state index >= 15 is 0 Å². The Kier molecular flexibility index (Phi) is 3.89. The zero-order valence-corrected chi connectivity index (χ0v) is 12.2. The maximum absolute atomic E-state index is 9.21. The highest BCUT2D eigenvalue weighted by Crippen LogP contribution is 2.20. The first kappa shape index (κ1) is 13.7. The Bertz CT molecular complexity index is 782. The number of hydrogen-bond donors (Lipinski definition) is 0. The molecular formula is C15H14ClN5. The number of alkyl halides is 1. The Morgan fingerprint density at radius 3 is 2.90 bits per heavy atom. The number of imidazole rings is 2. The molecule has 0 aliphatic carbocycles. The maximum atomic E-state index is 9.21. The van der Waals surface area contributed by atoms with Crippen LogP contribution in [0.5, 0.6) is 0 Å². The van der Waals surface area contributed by atoms with Crippen LogP contribution < -0.4 is 0 Å². The second-order valence-electron chi connectivity index (χ2n) is 4.70. The minimum atomic E-state index is 0.510. The van der Waals surface area contributed by atoms with Gasteiger partial charge in [0.05, 0.1) is 17.4 Å². The van der Waals surface area contributed by atoms with Gasteiger partial charge in [-0.1, -0.05) is 6.07 Å². The van der Waals surface area contributed by atoms with E-state index in [1.807, 2.05) is 22.9 Å². The van der Waals surface area contributed by atoms with Gasteiger partial charge < -0.3 is 9.13 Å². The van der Waals surface area contributed by atoms with Gasteiger partial charge in [-0.2, -0.15) is 5.26 Å². The van der Waals surface area contributed by atoms with Crippen LogP contribution in [0, 0.1) is 11.3 Å². The molecule has 3 rings (SSSR count). The molecule has 0 saturated heterocycles. The molecule has 0 bridgehead atoms. The minimum absolute atomic E-state index is 0.510. The monoisotopic (exact) mass is 299 g/mol. The quantitative estimate of drug-likeness (QED) is 0.680. The van der Waals surface area contributed by atoms with Crippen molar-refractivity contribution in [2.24, 2.45) is 0 Å². The second kappa shape index (κ2) is 5.98. The summed E-state index contributed by atoms with van der Waals surface area (Å²) in [6, 6.07) is 7.87. The van der Waals surface area contributed by atoms with Crippen LogP contribution in [-0.4, -0.2) is 25.0 Å². The number of nitrogens with zero attached hydrogens (tertiary/aromatic N) is 5. The van der Waals surface area contributed by atoms with Gasteiger partial charge in [0.2, 0.25) is 0 Å². The largest absolute Gasteiger partial charge is 0.336 e. The van der Waals surface area contributed by atoms with E-state index in [2.05, 4.69) is 20.6 Å². The molecule has 0 aliphatic rings. The number of para-hydroxylation sites is 1. The van der Waals surface area contributed by atoms with Gasteiger partial charge in [0.25, 0.3) is 0 Å². The predicted molar refractivity (Wildman–Crippen MR) is 81.1 cm³/mol. The van der Waals surface area contributed by atoms with Crippen LogP contribution in [0.3, 0.4) is 0 Å². The van der Waals surface area contributed by atoms with E-state index in [0.717, 1.165) is 29.9 Å². The number of aromatic nitrogens is 4. The lowest BCUT2D eigenvalue weighted by atomic mass is 10.2. The molecule has 0 N–H and O–H groups in total. The molecule has 0 fully saturated rings. The highest BCUT2D eigenvalue weighted by Gasteiger charge is 2.13. The zero-order valence-electron chi connectivity index (χ0n) is 11.4. The highest BCUT2D eigenvalue weighted by atomic mass is 35.5. The van der Waals surface area contributed by atoms with Crippen molar-refractivity contribution >= 4 is 22.6 Å². The standard InChI is InChI=1S/C15H14ClN5/c16-5-4-14-19-15-12(10-17)2-1-3-13(15)21(14)9-8-20-7-6-18-11-20/h1-3,6-7,11H,4-5,8-9H2. The lowest BCUT2D eigenvalue weighted by Crippen LogP contribution is -2.09. The number of aryl methyl sites for hydroxylation is 3. The van der Waals surface area contributed by atoms with Crippen LogP contribution in [-0.2, 0) is 19.5 Å². The van der Waals surface area contributed by atoms with E-state index in [9.17, 15) is 5.26 Å². The molecule has 0 aliphatic heterocycles. The summed E-state index contributed by atoms with van der Waals surface area (Å²) < 4.78 is 4.16. The Morgan fingerprint density at radius 1 is 1.29 bits per heavy atom. The maximum Gasteiger partial charge on any atom is 0.111 e. The first-order valence-electron chi connectivity index (χ1n) is 6.73. The van der Waals surface area contributed by atoms with Crippen molar-refractivity contribution in [3.8, 4) is 6.07 Å². The van der Waals surface area contributed by atoms with Crippen LogP contribution in [0.1, 0.15) is 11.4 Å². The molecule has 21 heavy (non-hydrogen) atoms. The zero-order chi connectivity index (χ0) is 14.7. The average Bonchev–Trinajstić information content (AvgIpc) is 3.12. The first-order valence-corrected chi connectivity index (χ1v) is 7.27. The molecule has 6 heteroatoms. The number of benzene rings is 1. The van der Waals surface area contributed by atoms with E-state index in [4.69, 9.17) is 11.6 Å². The van der Waals surface area contributed by atoms with Crippen molar-refractivity contribution in [1.29, 1.82) is 5.26 Å². The number of hydrogen-bond acceptors (Lipinski definition) is 3. The summed E-state index contributed by atoms with van der Waals surface area (Å²) in [6.45, 7) is 1.57. The van der Waals surface area contributed by atoms with Crippen molar-refractivity contribution in [2.45, 2.75) is 19.5 Å². The van der Waals surface area contributed by atoms with Crippen LogP contribution in [0.25, 0.3) is 11.0 Å². The van der Waals surface area contributed by atoms with E-state index in [1.54, 1.807) is 18.6 Å². The molecule has 0 spiro atoms. The molecule has 106 valence electrons. The number of halogens is 1. The summed E-state index contributed by atoms with van der Waals surface area (Å²) in [4.78, 5) is 8.65. The molecule has 3 aromatic rings. The minimum Gasteiger partial charge on any atom is -0.336 e. The van der Waals surface area contributed by atoms with Crippen LogP contribution in [0.15, 0.2) is 36.9 Å². The van der Waals surface area contributed by atoms with Crippen molar-refractivity contribution < 1.29 is 0 Å². The van der Waals surface area contributed by atoms with Gasteiger partial charge in [0.1, 0.15) is 17.4 Å². The molecule has 0 atom stereocenters. The van der Waals surface area contributed by atoms with E-state index in [1.165, 1.54) is 0 Å². The molecule has 0 amide bonds. The third-order valence-electron chi connectivity index (χ3n) is 3.44. The molecule has 0 unspecified atom stereocenters. The molecule has 1 aromatic carbocycles. The average molecular weight is 300 g/mol. The van der Waals surface area contributed by atoms with Gasteiger partial charge in [-0.3, -0.25) is 0 Å². The topological polar surface area (TPSA) is 59.4 Å². The summed E-state index contributed by atoms with van der Waals surface area (Å²) in [6.07, 6.45) is 6.17. The summed E-state index contributed by atoms with van der Waals surface area (Å²) in [7, 11) is 0. The summed E-state index contributed by atoms with van der Waals surface area (Å²) >= 11 is 5.88. The lowest BCUT2D eigenvalue weighted by Gasteiger charge is -2.09. The fourth-order valence-corrected chi connectivity index (χ4v) is 2.61. The number of nitriles is 1. The Morgan fingerprint density at radius 2 is 2.19 bits per heavy atom. The van der Waals surface area contributed by atoms with Gasteiger partial charge in [-0.25, -0.2) is 9.97 Å². The van der Waals surface area contributed by atoms with Gasteiger partial charge in [-0.15, -0.1) is 11.6 Å². The molecule has 0 saturated carbocycles. The summed E-state index contributed by atoms with van der Waals surface area (Å²) in [5, 5.41) is 9.21. The van der Waals surface area contributed by atoms with Gasteiger partial charge >= 0.3 is 0 Å². The third-order valence-corrected chi connectivity index (χ3v) is 3.63. The van der Waals surface area contributed by atoms with E-state index < -0.39 is 0 Å². The fourth-order valence-electron chi connectivity index (χ4n) is 2.44. The van der Waals surface area contributed by atoms with Gasteiger partial charge in [0, 0.05) is 37.8 Å². The highest BCUT2D eigenvalue weighted by molar-refractivity contribution is 6.17. The van der Waals surface area contributed by atoms with Crippen molar-refractivity contribution in [2.75, 3.05) is 5.88 Å². The Hall–Kier alpha value is -2.32. The Labute approximate surface area is 127 Å². The smallest absolute Gasteiger partial charge is 0.111 e. The number of fused-ring (bicyclic) bond motifs is 1. The normalized spacial score (nSPS) is 10.9. The van der Waals surface area contributed by atoms with Crippen molar-refractivity contribution in [3.05, 3.63) is 48.3 Å². The third kappa shape index (κ3) is 2.63. The van der Waals surface area contributed by atoms with Crippen molar-refractivity contribution in [3.63, 3.8) is 0 Å². The van der Waals surface area contributed by atoms with Crippen LogP contribution >= 0.6 is 11.6 Å². The summed E-state index contributed by atoms with van der Waals surface area (Å²) in [5.41, 5.74) is 2.34. The van der Waals surface area contributed by atoms with Crippen LogP contribution in [0.2, 0.25) is 0 Å². The first-order chi connectivity index (χ1) is 10.3. The summed E-state index contributed by atoms with van der Waals surface area (Å²) in [5.74, 6) is 1.43. The molecule has 2 aromatic heterocycles. The van der Waals surface area contributed by atoms with Gasteiger partial charge in [-0.05, 0) is 12.1 Å². The molecular weight excluding hydrogens is 286 g/mol. The van der Waals surface area contributed by atoms with E-state index in [-0.39, 0.29) is 0 Å². The molecule has 0 radical (unpaired) electrons. The lowest BCUT2D eigenvalue weighted by molar-refractivity contribution is 0.572. The second-order valence-corrected chi connectivity index (χ2v) is 5.08. The van der Waals surface area contributed by atoms with Crippen LogP contribution in [0.4, 0.5) is 0 Å². The SMILES string of the molecule is N#Cc1cccc2c1nc(CCCl)n2CCn1ccnc1. The van der Waals surface area contributed by atoms with E-state index in [0.29, 0.717) is 17.9 Å².